The fourth-order valence-corrected chi connectivity index (χ4v) is 6.16. The zero-order valence-corrected chi connectivity index (χ0v) is 30.5. The molecule has 13 heteroatoms. The molecule has 0 radical (unpaired) electrons. The predicted octanol–water partition coefficient (Wildman–Crippen LogP) is 9.16. The molecule has 1 heterocycles. The number of nitrogens with one attached hydrogen (secondary N) is 4. The number of fused-ring (bicyclic) bond motifs is 1. The summed E-state index contributed by atoms with van der Waals surface area (Å²) in [7, 11) is 0.171. The first-order valence-corrected chi connectivity index (χ1v) is 18.2. The van der Waals surface area contributed by atoms with E-state index in [1.807, 2.05) is 60.7 Å². The van der Waals surface area contributed by atoms with Crippen molar-refractivity contribution in [2.24, 2.45) is 0 Å². The van der Waals surface area contributed by atoms with E-state index in [-0.39, 0.29) is 11.9 Å². The highest BCUT2D eigenvalue weighted by molar-refractivity contribution is 7.98. The third kappa shape index (κ3) is 9.67. The number of carbonyl (C=O) groups is 2. The molecule has 0 aliphatic rings. The van der Waals surface area contributed by atoms with Crippen LogP contribution in [0.1, 0.15) is 31.9 Å². The third-order valence-corrected chi connectivity index (χ3v) is 8.82. The van der Waals surface area contributed by atoms with E-state index in [1.54, 1.807) is 30.3 Å². The van der Waals surface area contributed by atoms with Crippen LogP contribution in [0.15, 0.2) is 90.0 Å². The number of aromatic nitrogens is 1. The lowest BCUT2D eigenvalue weighted by Crippen LogP contribution is -2.21. The summed E-state index contributed by atoms with van der Waals surface area (Å²) in [6.07, 6.45) is 5.30. The Morgan fingerprint density at radius 1 is 0.940 bits per heavy atom. The monoisotopic (exact) mass is 715 g/mol. The highest BCUT2D eigenvalue weighted by atomic mass is 32.2. The molecule has 5 N–H and O–H groups in total. The molecule has 262 valence electrons. The molecule has 1 atom stereocenters. The zero-order chi connectivity index (χ0) is 36.4. The summed E-state index contributed by atoms with van der Waals surface area (Å²) in [6.45, 7) is 8.04. The highest BCUT2D eigenvalue weighted by Gasteiger charge is 2.22. The van der Waals surface area contributed by atoms with E-state index < -0.39 is 17.0 Å². The SMILES string of the molecule is COc1c(NC(=O)Nc2ccc(Oc3ccnc(Nc4ccc(C)c(SC)c4)c3)c3ccccc23)cc(C(C)(C)C)cc1NS(C)=O.O=CO. The maximum absolute atomic E-state index is 13.4. The number of thioether (sulfide) groups is 1. The molecule has 1 unspecified atom stereocenters. The van der Waals surface area contributed by atoms with Crippen LogP contribution < -0.4 is 30.1 Å². The van der Waals surface area contributed by atoms with Crippen LogP contribution in [0.4, 0.5) is 33.4 Å². The van der Waals surface area contributed by atoms with Gasteiger partial charge in [0.25, 0.3) is 6.47 Å². The van der Waals surface area contributed by atoms with Gasteiger partial charge < -0.3 is 35.3 Å². The Hall–Kier alpha value is -5.27. The molecule has 0 aliphatic carbocycles. The van der Waals surface area contributed by atoms with Gasteiger partial charge in [0, 0.05) is 39.9 Å². The number of anilines is 5. The van der Waals surface area contributed by atoms with Crippen molar-refractivity contribution in [3.8, 4) is 17.2 Å². The van der Waals surface area contributed by atoms with E-state index in [9.17, 15) is 9.00 Å². The van der Waals surface area contributed by atoms with Gasteiger partial charge in [0.2, 0.25) is 0 Å². The van der Waals surface area contributed by atoms with Gasteiger partial charge >= 0.3 is 6.03 Å². The van der Waals surface area contributed by atoms with E-state index in [2.05, 4.69) is 71.7 Å². The van der Waals surface area contributed by atoms with Gasteiger partial charge in [-0.05, 0) is 72.2 Å². The topological polar surface area (TPSA) is 151 Å². The summed E-state index contributed by atoms with van der Waals surface area (Å²) in [6, 6.07) is 24.5. The molecule has 4 aromatic carbocycles. The lowest BCUT2D eigenvalue weighted by atomic mass is 9.86. The van der Waals surface area contributed by atoms with Crippen LogP contribution in [0.25, 0.3) is 10.8 Å². The van der Waals surface area contributed by atoms with Crippen LogP contribution in [-0.4, -0.2) is 46.4 Å². The molecule has 5 rings (SSSR count). The number of hydrogen-bond donors (Lipinski definition) is 5. The van der Waals surface area contributed by atoms with Crippen LogP contribution in [0.3, 0.4) is 0 Å². The van der Waals surface area contributed by atoms with E-state index >= 15 is 0 Å². The summed E-state index contributed by atoms with van der Waals surface area (Å²) in [5, 5.41) is 17.8. The number of nitrogens with zero attached hydrogens (tertiary/aromatic N) is 1. The average Bonchev–Trinajstić information content (AvgIpc) is 3.06. The van der Waals surface area contributed by atoms with Crippen molar-refractivity contribution in [1.29, 1.82) is 0 Å². The smallest absolute Gasteiger partial charge is 0.323 e. The number of urea groups is 1. The Labute approximate surface area is 298 Å². The standard InChI is InChI=1S/C36H39N5O4S2.CH2O2/c1-22-12-13-24(20-32(22)46-6)38-33-21-25(16-17-37-33)45-31-15-14-28(26-10-8-9-11-27(26)31)39-35(42)40-29-18-23(36(2,3)4)19-30(34(29)44-5)41-47(7)43;2-1-3/h8-21,41H,1-7H3,(H,37,38)(H2,39,40,42);1H,(H,2,3). The molecule has 0 spiro atoms. The van der Waals surface area contributed by atoms with Crippen molar-refractivity contribution in [3.05, 3.63) is 96.2 Å². The lowest BCUT2D eigenvalue weighted by Gasteiger charge is -2.24. The first-order valence-electron chi connectivity index (χ1n) is 15.4. The molecule has 0 bridgehead atoms. The molecule has 1 aromatic heterocycles. The van der Waals surface area contributed by atoms with Crippen molar-refractivity contribution >= 4 is 74.6 Å². The van der Waals surface area contributed by atoms with Gasteiger partial charge in [-0.1, -0.05) is 51.1 Å². The second-order valence-electron chi connectivity index (χ2n) is 12.0. The van der Waals surface area contributed by atoms with Crippen LogP contribution in [0, 0.1) is 6.92 Å². The highest BCUT2D eigenvalue weighted by Crippen LogP contribution is 2.40. The van der Waals surface area contributed by atoms with Crippen molar-refractivity contribution < 1.29 is 28.4 Å². The number of ether oxygens (including phenoxy) is 2. The Balaban J connectivity index is 0.00000181. The minimum absolute atomic E-state index is 0.235. The largest absolute Gasteiger partial charge is 0.492 e. The molecule has 0 fully saturated rings. The molecule has 50 heavy (non-hydrogen) atoms. The summed E-state index contributed by atoms with van der Waals surface area (Å²) >= 11 is 1.70. The number of carboxylic acid groups (broad SMARTS) is 1. The molecule has 0 saturated carbocycles. The number of benzene rings is 4. The van der Waals surface area contributed by atoms with Gasteiger partial charge in [0.15, 0.2) is 5.75 Å². The van der Waals surface area contributed by atoms with Crippen molar-refractivity contribution in [1.82, 2.24) is 4.98 Å². The van der Waals surface area contributed by atoms with Gasteiger partial charge in [0.1, 0.15) is 28.3 Å². The van der Waals surface area contributed by atoms with E-state index in [0.717, 1.165) is 22.0 Å². The molecule has 5 aromatic rings. The molecule has 0 aliphatic heterocycles. The second kappa shape index (κ2) is 16.9. The van der Waals surface area contributed by atoms with Crippen molar-refractivity contribution in [2.75, 3.05) is 40.3 Å². The number of aryl methyl sites for hydroxylation is 1. The second-order valence-corrected chi connectivity index (χ2v) is 14.0. The van der Waals surface area contributed by atoms with Crippen molar-refractivity contribution in [2.45, 2.75) is 38.0 Å². The molecule has 2 amide bonds. The van der Waals surface area contributed by atoms with Gasteiger partial charge in [-0.3, -0.25) is 4.79 Å². The minimum Gasteiger partial charge on any atom is -0.492 e. The summed E-state index contributed by atoms with van der Waals surface area (Å²) in [5.74, 6) is 2.29. The number of amides is 2. The number of methoxy groups -OCH3 is 1. The first-order chi connectivity index (χ1) is 23.9. The Kier molecular flexibility index (Phi) is 12.7. The van der Waals surface area contributed by atoms with Gasteiger partial charge in [-0.2, -0.15) is 0 Å². The number of pyridine rings is 1. The van der Waals surface area contributed by atoms with Gasteiger partial charge in [0.05, 0.1) is 24.2 Å². The van der Waals surface area contributed by atoms with E-state index in [0.29, 0.717) is 40.1 Å². The van der Waals surface area contributed by atoms with Crippen molar-refractivity contribution in [3.63, 3.8) is 0 Å². The summed E-state index contributed by atoms with van der Waals surface area (Å²) in [4.78, 5) is 27.4. The summed E-state index contributed by atoms with van der Waals surface area (Å²) < 4.78 is 26.9. The maximum Gasteiger partial charge on any atom is 0.323 e. The quantitative estimate of drug-likeness (QED) is 0.0704. The number of carbonyl (C=O) groups excluding carboxylic acids is 1. The van der Waals surface area contributed by atoms with Crippen LogP contribution in [-0.2, 0) is 21.2 Å². The van der Waals surface area contributed by atoms with Gasteiger partial charge in [-0.25, -0.2) is 14.0 Å². The Bertz CT molecular complexity index is 2020. The zero-order valence-electron chi connectivity index (χ0n) is 28.9. The Morgan fingerprint density at radius 3 is 2.28 bits per heavy atom. The predicted molar refractivity (Wildman–Crippen MR) is 205 cm³/mol. The average molecular weight is 716 g/mol. The maximum atomic E-state index is 13.4. The van der Waals surface area contributed by atoms with Gasteiger partial charge in [-0.15, -0.1) is 11.8 Å². The summed E-state index contributed by atoms with van der Waals surface area (Å²) in [5.41, 5.74) is 4.45. The van der Waals surface area contributed by atoms with Crippen LogP contribution in [0.2, 0.25) is 0 Å². The minimum atomic E-state index is -1.34. The molecule has 11 nitrogen and oxygen atoms in total. The number of rotatable bonds is 10. The normalized spacial score (nSPS) is 11.4. The molecule has 0 saturated heterocycles. The van der Waals surface area contributed by atoms with E-state index in [4.69, 9.17) is 19.4 Å². The Morgan fingerprint density at radius 2 is 1.62 bits per heavy atom. The van der Waals surface area contributed by atoms with Crippen LogP contribution >= 0.6 is 11.8 Å². The third-order valence-electron chi connectivity index (χ3n) is 7.43. The number of hydrogen-bond acceptors (Lipinski definition) is 8. The fourth-order valence-electron chi connectivity index (χ4n) is 5.07. The fraction of sp³-hybridized carbons (Fsp3) is 0.216. The first kappa shape index (κ1) is 37.5. The molecular weight excluding hydrogens is 675 g/mol. The van der Waals surface area contributed by atoms with Crippen LogP contribution in [0.5, 0.6) is 17.2 Å². The lowest BCUT2D eigenvalue weighted by molar-refractivity contribution is -0.122. The van der Waals surface area contributed by atoms with E-state index in [1.165, 1.54) is 17.6 Å². The molecular formula is C37H41N5O6S2.